The lowest BCUT2D eigenvalue weighted by Crippen LogP contribution is -2.58. The van der Waals surface area contributed by atoms with E-state index in [4.69, 9.17) is 11.6 Å². The van der Waals surface area contributed by atoms with Gasteiger partial charge in [-0.25, -0.2) is 21.6 Å². The Bertz CT molecular complexity index is 1450. The van der Waals surface area contributed by atoms with E-state index in [-0.39, 0.29) is 24.3 Å². The van der Waals surface area contributed by atoms with Crippen LogP contribution in [0, 0.1) is 0 Å². The van der Waals surface area contributed by atoms with Crippen molar-refractivity contribution < 1.29 is 31.2 Å². The molecule has 0 spiro atoms. The smallest absolute Gasteiger partial charge is 0.282 e. The second kappa shape index (κ2) is 11.5. The van der Waals surface area contributed by atoms with Gasteiger partial charge in [0.25, 0.3) is 11.8 Å². The molecule has 2 aromatic carbocycles. The molecule has 2 aliphatic rings. The van der Waals surface area contributed by atoms with E-state index in [0.29, 0.717) is 20.6 Å². The molecule has 0 saturated carbocycles. The molecule has 4 rings (SSSR count). The van der Waals surface area contributed by atoms with Crippen molar-refractivity contribution in [1.82, 2.24) is 14.5 Å². The molecule has 2 saturated heterocycles. The highest BCUT2D eigenvalue weighted by molar-refractivity contribution is 9.10. The first-order chi connectivity index (χ1) is 18.6. The van der Waals surface area contributed by atoms with Crippen LogP contribution in [0.25, 0.3) is 11.1 Å². The zero-order valence-electron chi connectivity index (χ0n) is 21.7. The van der Waals surface area contributed by atoms with Crippen molar-refractivity contribution in [2.45, 2.75) is 55.3 Å². The minimum absolute atomic E-state index is 0.00912. The summed E-state index contributed by atoms with van der Waals surface area (Å²) in [4.78, 5) is 25.8. The molecule has 0 aliphatic carbocycles. The van der Waals surface area contributed by atoms with Gasteiger partial charge in [0.15, 0.2) is 5.67 Å². The molecule has 0 bridgehead atoms. The number of nitrogens with zero attached hydrogens (tertiary/aromatic N) is 2. The lowest BCUT2D eigenvalue weighted by molar-refractivity contribution is -0.160. The van der Waals surface area contributed by atoms with Gasteiger partial charge in [0.1, 0.15) is 0 Å². The Morgan fingerprint density at radius 1 is 1.15 bits per heavy atom. The number of rotatable bonds is 7. The standard InChI is InChI=1S/C27H28BrClF3N3O4S/c1-17(7-10-24(36)34-15-27(31,32)16-34)33-25(37)26(30)11-12-35(18(2)14-26)40(38,39)23-9-8-19(28)13-21(23)20-5-3-4-6-22(20)29/h3-10,13,17-18H,11-12,14-16H2,1-2H3,(H,33,37)/b10-7+/t17-,18-,26+/m1/s1. The first-order valence-electron chi connectivity index (χ1n) is 12.5. The molecular formula is C27H28BrClF3N3O4S. The average Bonchev–Trinajstić information content (AvgIpc) is 2.85. The summed E-state index contributed by atoms with van der Waals surface area (Å²) in [6.07, 6.45) is 1.61. The van der Waals surface area contributed by atoms with Crippen LogP contribution >= 0.6 is 27.5 Å². The molecular weight excluding hydrogens is 635 g/mol. The van der Waals surface area contributed by atoms with E-state index < -0.39 is 58.6 Å². The van der Waals surface area contributed by atoms with Crippen molar-refractivity contribution >= 4 is 49.4 Å². The summed E-state index contributed by atoms with van der Waals surface area (Å²) in [5.74, 6) is -4.45. The minimum atomic E-state index is -4.11. The number of sulfonamides is 1. The molecule has 0 aromatic heterocycles. The number of likely N-dealkylation sites (tertiary alicyclic amines) is 1. The van der Waals surface area contributed by atoms with E-state index >= 15 is 4.39 Å². The summed E-state index contributed by atoms with van der Waals surface area (Å²) in [5.41, 5.74) is -1.43. The van der Waals surface area contributed by atoms with Gasteiger partial charge in [-0.2, -0.15) is 4.31 Å². The molecule has 2 aromatic rings. The van der Waals surface area contributed by atoms with Crippen molar-refractivity contribution in [3.8, 4) is 11.1 Å². The highest BCUT2D eigenvalue weighted by atomic mass is 79.9. The van der Waals surface area contributed by atoms with E-state index in [9.17, 15) is 26.8 Å². The third kappa shape index (κ3) is 6.40. The molecule has 0 radical (unpaired) electrons. The maximum atomic E-state index is 15.8. The van der Waals surface area contributed by atoms with Crippen LogP contribution in [0.1, 0.15) is 26.7 Å². The van der Waals surface area contributed by atoms with E-state index in [1.165, 1.54) is 30.3 Å². The van der Waals surface area contributed by atoms with Gasteiger partial charge in [0.05, 0.1) is 18.0 Å². The maximum Gasteiger partial charge on any atom is 0.282 e. The number of carbonyl (C=O) groups is 2. The molecule has 216 valence electrons. The van der Waals surface area contributed by atoms with Gasteiger partial charge in [0, 0.05) is 58.2 Å². The first-order valence-corrected chi connectivity index (χ1v) is 15.2. The molecule has 40 heavy (non-hydrogen) atoms. The van der Waals surface area contributed by atoms with Crippen LogP contribution < -0.4 is 5.32 Å². The van der Waals surface area contributed by atoms with E-state index in [1.54, 1.807) is 36.4 Å². The van der Waals surface area contributed by atoms with Crippen LogP contribution in [0.5, 0.6) is 0 Å². The molecule has 3 atom stereocenters. The summed E-state index contributed by atoms with van der Waals surface area (Å²) >= 11 is 9.74. The van der Waals surface area contributed by atoms with Gasteiger partial charge in [-0.1, -0.05) is 51.8 Å². The number of halogens is 5. The van der Waals surface area contributed by atoms with Gasteiger partial charge < -0.3 is 10.2 Å². The fourth-order valence-electron chi connectivity index (χ4n) is 4.87. The number of alkyl halides is 3. The van der Waals surface area contributed by atoms with Crippen LogP contribution in [0.3, 0.4) is 0 Å². The molecule has 2 amide bonds. The van der Waals surface area contributed by atoms with E-state index in [0.717, 1.165) is 11.0 Å². The number of benzene rings is 2. The Hall–Kier alpha value is -2.41. The largest absolute Gasteiger partial charge is 0.347 e. The fraction of sp³-hybridized carbons (Fsp3) is 0.407. The van der Waals surface area contributed by atoms with Crippen LogP contribution in [-0.2, 0) is 19.6 Å². The third-order valence-electron chi connectivity index (χ3n) is 6.98. The first kappa shape index (κ1) is 30.5. The number of hydrogen-bond acceptors (Lipinski definition) is 4. The Labute approximate surface area is 244 Å². The van der Waals surface area contributed by atoms with Gasteiger partial charge in [-0.05, 0) is 38.1 Å². The number of carbonyl (C=O) groups excluding carboxylic acids is 2. The SMILES string of the molecule is C[C@H](/C=C/C(=O)N1CC(F)(F)C1)NC(=O)[C@]1(F)CCN(S(=O)(=O)c2ccc(Br)cc2-c2ccccc2Cl)[C@H](C)C1. The Morgan fingerprint density at radius 2 is 1.82 bits per heavy atom. The van der Waals surface area contributed by atoms with Gasteiger partial charge in [0.2, 0.25) is 15.9 Å². The second-order valence-electron chi connectivity index (χ2n) is 10.2. The Morgan fingerprint density at radius 3 is 2.45 bits per heavy atom. The highest BCUT2D eigenvalue weighted by Crippen LogP contribution is 2.39. The summed E-state index contributed by atoms with van der Waals surface area (Å²) in [7, 11) is -4.11. The summed E-state index contributed by atoms with van der Waals surface area (Å²) < 4.78 is 71.2. The van der Waals surface area contributed by atoms with Crippen LogP contribution in [0.4, 0.5) is 13.2 Å². The third-order valence-corrected chi connectivity index (χ3v) is 9.88. The summed E-state index contributed by atoms with van der Waals surface area (Å²) in [6, 6.07) is 9.95. The van der Waals surface area contributed by atoms with Crippen LogP contribution in [-0.4, -0.2) is 72.7 Å². The van der Waals surface area contributed by atoms with Crippen molar-refractivity contribution in [2.24, 2.45) is 0 Å². The van der Waals surface area contributed by atoms with Crippen molar-refractivity contribution in [1.29, 1.82) is 0 Å². The number of hydrogen-bond donors (Lipinski definition) is 1. The lowest BCUT2D eigenvalue weighted by atomic mass is 9.89. The van der Waals surface area contributed by atoms with Crippen LogP contribution in [0.15, 0.2) is 64.0 Å². The second-order valence-corrected chi connectivity index (χ2v) is 13.4. The molecule has 2 fully saturated rings. The Kier molecular flexibility index (Phi) is 8.75. The molecule has 2 aliphatic heterocycles. The summed E-state index contributed by atoms with van der Waals surface area (Å²) in [6.45, 7) is 1.49. The predicted molar refractivity (Wildman–Crippen MR) is 149 cm³/mol. The zero-order valence-corrected chi connectivity index (χ0v) is 24.9. The Balaban J connectivity index is 1.45. The van der Waals surface area contributed by atoms with Crippen LogP contribution in [0.2, 0.25) is 5.02 Å². The maximum absolute atomic E-state index is 15.8. The normalized spacial score (nSPS) is 24.0. The number of piperidine rings is 1. The van der Waals surface area contributed by atoms with Crippen molar-refractivity contribution in [3.05, 3.63) is 64.1 Å². The monoisotopic (exact) mass is 661 g/mol. The molecule has 0 unspecified atom stereocenters. The minimum Gasteiger partial charge on any atom is -0.347 e. The predicted octanol–water partition coefficient (Wildman–Crippen LogP) is 5.19. The van der Waals surface area contributed by atoms with Gasteiger partial charge in [-0.15, -0.1) is 0 Å². The number of nitrogens with one attached hydrogen (secondary N) is 1. The quantitative estimate of drug-likeness (QED) is 0.414. The molecule has 7 nitrogen and oxygen atoms in total. The fourth-order valence-corrected chi connectivity index (χ4v) is 7.29. The molecule has 1 N–H and O–H groups in total. The summed E-state index contributed by atoms with van der Waals surface area (Å²) in [5, 5.41) is 2.85. The van der Waals surface area contributed by atoms with Gasteiger partial charge >= 0.3 is 0 Å². The lowest BCUT2D eigenvalue weighted by Gasteiger charge is -2.40. The molecule has 13 heteroatoms. The van der Waals surface area contributed by atoms with E-state index in [2.05, 4.69) is 21.2 Å². The van der Waals surface area contributed by atoms with Crippen molar-refractivity contribution in [3.63, 3.8) is 0 Å². The molecule has 2 heterocycles. The average molecular weight is 663 g/mol. The van der Waals surface area contributed by atoms with Gasteiger partial charge in [-0.3, -0.25) is 9.59 Å². The van der Waals surface area contributed by atoms with E-state index in [1.807, 2.05) is 0 Å². The topological polar surface area (TPSA) is 86.8 Å². The highest BCUT2D eigenvalue weighted by Gasteiger charge is 2.48. The zero-order chi connectivity index (χ0) is 29.5. The van der Waals surface area contributed by atoms with Crippen molar-refractivity contribution in [2.75, 3.05) is 19.6 Å². The number of amides is 2.